The van der Waals surface area contributed by atoms with Gasteiger partial charge in [-0.1, -0.05) is 25.1 Å². The summed E-state index contributed by atoms with van der Waals surface area (Å²) in [5.41, 5.74) is 1.39. The number of ether oxygens (including phenoxy) is 3. The number of nitrogens with one attached hydrogen (secondary N) is 1. The Labute approximate surface area is 217 Å². The van der Waals surface area contributed by atoms with Crippen molar-refractivity contribution in [2.45, 2.75) is 31.8 Å². The molecule has 0 spiro atoms. The summed E-state index contributed by atoms with van der Waals surface area (Å²) >= 11 is 2.16. The molecule has 10 nitrogen and oxygen atoms in total. The molecule has 2 aromatic heterocycles. The molecule has 3 aromatic rings. The molecule has 2 heterocycles. The van der Waals surface area contributed by atoms with Gasteiger partial charge in [0.25, 0.3) is 0 Å². The van der Waals surface area contributed by atoms with Crippen LogP contribution in [0.5, 0.6) is 5.75 Å². The van der Waals surface area contributed by atoms with Gasteiger partial charge in [-0.05, 0) is 43.2 Å². The Morgan fingerprint density at radius 1 is 1.08 bits per heavy atom. The zero-order valence-electron chi connectivity index (χ0n) is 20.7. The maximum Gasteiger partial charge on any atom is 0.348 e. The van der Waals surface area contributed by atoms with Crippen LogP contribution in [0.2, 0.25) is 0 Å². The number of hydrogen-bond acceptors (Lipinski definition) is 10. The van der Waals surface area contributed by atoms with Gasteiger partial charge < -0.3 is 24.1 Å². The van der Waals surface area contributed by atoms with E-state index in [1.807, 2.05) is 31.3 Å². The number of benzene rings is 1. The maximum atomic E-state index is 12.7. The number of carbonyl (C=O) groups is 3. The molecule has 1 amide bonds. The van der Waals surface area contributed by atoms with Gasteiger partial charge >= 0.3 is 11.9 Å². The van der Waals surface area contributed by atoms with E-state index in [1.54, 1.807) is 11.5 Å². The number of thiophene rings is 1. The van der Waals surface area contributed by atoms with E-state index in [4.69, 9.17) is 14.2 Å². The molecular formula is C24H28N4O6S2. The van der Waals surface area contributed by atoms with E-state index < -0.39 is 11.9 Å². The van der Waals surface area contributed by atoms with Crippen molar-refractivity contribution < 1.29 is 28.6 Å². The van der Waals surface area contributed by atoms with E-state index in [0.717, 1.165) is 35.5 Å². The number of carbonyl (C=O) groups excluding carboxylic acids is 3. The first kappa shape index (κ1) is 27.2. The second-order valence-corrected chi connectivity index (χ2v) is 9.64. The van der Waals surface area contributed by atoms with Gasteiger partial charge in [0.05, 0.1) is 32.1 Å². The summed E-state index contributed by atoms with van der Waals surface area (Å²) in [6.07, 6.45) is 2.07. The zero-order chi connectivity index (χ0) is 26.2. The van der Waals surface area contributed by atoms with Crippen molar-refractivity contribution in [3.8, 4) is 17.1 Å². The molecule has 192 valence electrons. The summed E-state index contributed by atoms with van der Waals surface area (Å²) in [4.78, 5) is 37.2. The highest BCUT2D eigenvalue weighted by atomic mass is 32.2. The molecule has 3 rings (SSSR count). The van der Waals surface area contributed by atoms with Crippen LogP contribution in [-0.4, -0.2) is 59.2 Å². The van der Waals surface area contributed by atoms with E-state index in [-0.39, 0.29) is 27.1 Å². The molecule has 1 N–H and O–H groups in total. The average molecular weight is 533 g/mol. The molecule has 0 aliphatic carbocycles. The first-order valence-electron chi connectivity index (χ1n) is 11.2. The van der Waals surface area contributed by atoms with Crippen LogP contribution in [0.3, 0.4) is 0 Å². The van der Waals surface area contributed by atoms with Crippen molar-refractivity contribution in [1.29, 1.82) is 0 Å². The number of nitrogens with zero attached hydrogens (tertiary/aromatic N) is 3. The van der Waals surface area contributed by atoms with Gasteiger partial charge in [-0.25, -0.2) is 9.59 Å². The predicted molar refractivity (Wildman–Crippen MR) is 138 cm³/mol. The molecule has 0 atom stereocenters. The maximum absolute atomic E-state index is 12.7. The number of hydrogen-bond donors (Lipinski definition) is 1. The van der Waals surface area contributed by atoms with Gasteiger partial charge in [-0.2, -0.15) is 0 Å². The normalized spacial score (nSPS) is 10.7. The smallest absolute Gasteiger partial charge is 0.348 e. The van der Waals surface area contributed by atoms with Gasteiger partial charge in [0.1, 0.15) is 15.6 Å². The van der Waals surface area contributed by atoms with Crippen LogP contribution >= 0.6 is 23.1 Å². The molecule has 36 heavy (non-hydrogen) atoms. The van der Waals surface area contributed by atoms with Crippen LogP contribution in [0, 0.1) is 6.92 Å². The molecule has 0 aliphatic rings. The largest absolute Gasteiger partial charge is 0.494 e. The number of rotatable bonds is 11. The summed E-state index contributed by atoms with van der Waals surface area (Å²) in [5.74, 6) is -0.151. The molecule has 1 aromatic carbocycles. The number of esters is 2. The summed E-state index contributed by atoms with van der Waals surface area (Å²) in [6, 6.07) is 7.62. The number of thioether (sulfide) groups is 1. The van der Waals surface area contributed by atoms with Crippen molar-refractivity contribution in [3.63, 3.8) is 0 Å². The van der Waals surface area contributed by atoms with Gasteiger partial charge in [-0.3, -0.25) is 4.79 Å². The Bertz CT molecular complexity index is 1240. The summed E-state index contributed by atoms with van der Waals surface area (Å²) in [6.45, 7) is 4.40. The molecule has 0 unspecified atom stereocenters. The van der Waals surface area contributed by atoms with Gasteiger partial charge in [0.15, 0.2) is 11.0 Å². The lowest BCUT2D eigenvalue weighted by Crippen LogP contribution is -2.16. The highest BCUT2D eigenvalue weighted by molar-refractivity contribution is 7.99. The summed E-state index contributed by atoms with van der Waals surface area (Å²) in [5, 5.41) is 11.9. The van der Waals surface area contributed by atoms with E-state index in [1.165, 1.54) is 26.0 Å². The molecule has 0 bridgehead atoms. The minimum Gasteiger partial charge on any atom is -0.494 e. The van der Waals surface area contributed by atoms with E-state index in [2.05, 4.69) is 22.4 Å². The van der Waals surface area contributed by atoms with Gasteiger partial charge in [0.2, 0.25) is 5.91 Å². The Morgan fingerprint density at radius 3 is 2.42 bits per heavy atom. The monoisotopic (exact) mass is 532 g/mol. The van der Waals surface area contributed by atoms with Crippen molar-refractivity contribution in [2.24, 2.45) is 7.05 Å². The van der Waals surface area contributed by atoms with Gasteiger partial charge in [-0.15, -0.1) is 21.5 Å². The van der Waals surface area contributed by atoms with Crippen LogP contribution in [0.1, 0.15) is 45.4 Å². The topological polar surface area (TPSA) is 122 Å². The first-order chi connectivity index (χ1) is 17.3. The van der Waals surface area contributed by atoms with Crippen molar-refractivity contribution >= 4 is 45.9 Å². The average Bonchev–Trinajstić information content (AvgIpc) is 3.41. The number of unbranched alkanes of at least 4 members (excludes halogenated alkanes) is 1. The molecule has 0 radical (unpaired) electrons. The van der Waals surface area contributed by atoms with Crippen molar-refractivity contribution in [1.82, 2.24) is 14.8 Å². The molecule has 0 fully saturated rings. The quantitative estimate of drug-likeness (QED) is 0.218. The van der Waals surface area contributed by atoms with Crippen LogP contribution in [0.15, 0.2) is 29.4 Å². The second kappa shape index (κ2) is 12.5. The van der Waals surface area contributed by atoms with Gasteiger partial charge in [0, 0.05) is 12.6 Å². The summed E-state index contributed by atoms with van der Waals surface area (Å²) in [7, 11) is 4.30. The highest BCUT2D eigenvalue weighted by Gasteiger charge is 2.27. The minimum atomic E-state index is -0.651. The van der Waals surface area contributed by atoms with Crippen molar-refractivity contribution in [2.75, 3.05) is 31.9 Å². The Morgan fingerprint density at radius 2 is 1.78 bits per heavy atom. The van der Waals surface area contributed by atoms with Crippen LogP contribution in [0.25, 0.3) is 11.4 Å². The lowest BCUT2D eigenvalue weighted by atomic mass is 10.1. The molecule has 0 saturated carbocycles. The molecule has 0 aliphatic heterocycles. The lowest BCUT2D eigenvalue weighted by Gasteiger charge is -2.07. The number of aromatic nitrogens is 3. The van der Waals surface area contributed by atoms with E-state index in [0.29, 0.717) is 23.2 Å². The Balaban J connectivity index is 1.67. The number of amides is 1. The third-order valence-corrected chi connectivity index (χ3v) is 7.41. The molecule has 12 heteroatoms. The van der Waals surface area contributed by atoms with E-state index in [9.17, 15) is 14.4 Å². The number of methoxy groups -OCH3 is 2. The Hall–Kier alpha value is -3.38. The van der Waals surface area contributed by atoms with E-state index >= 15 is 0 Å². The van der Waals surface area contributed by atoms with Crippen molar-refractivity contribution in [3.05, 3.63) is 40.3 Å². The zero-order valence-corrected chi connectivity index (χ0v) is 22.4. The van der Waals surface area contributed by atoms with Crippen LogP contribution < -0.4 is 10.1 Å². The predicted octanol–water partition coefficient (Wildman–Crippen LogP) is 4.33. The lowest BCUT2D eigenvalue weighted by molar-refractivity contribution is -0.113. The SMILES string of the molecule is CCCCOc1ccc(-c2nnc(SCC(=O)Nc3sc(C(=O)OC)c(C)c3C(=O)OC)n2C)cc1. The highest BCUT2D eigenvalue weighted by Crippen LogP contribution is 2.34. The van der Waals surface area contributed by atoms with Crippen LogP contribution in [0.4, 0.5) is 5.00 Å². The third kappa shape index (κ3) is 6.24. The summed E-state index contributed by atoms with van der Waals surface area (Å²) < 4.78 is 17.1. The fourth-order valence-electron chi connectivity index (χ4n) is 3.26. The molecule has 0 saturated heterocycles. The number of anilines is 1. The standard InChI is InChI=1S/C24H28N4O6S2/c1-6-7-12-34-16-10-8-15(9-11-16)20-26-27-24(28(20)3)35-13-17(29)25-21-18(22(30)32-4)14(2)19(36-21)23(31)33-5/h8-11H,6-7,12-13H2,1-5H3,(H,25,29). The third-order valence-electron chi connectivity index (χ3n) is 5.21. The van der Waals surface area contributed by atoms with Crippen LogP contribution in [-0.2, 0) is 21.3 Å². The minimum absolute atomic E-state index is 0.0152. The second-order valence-electron chi connectivity index (χ2n) is 7.67. The Kier molecular flexibility index (Phi) is 9.48. The fraction of sp³-hybridized carbons (Fsp3) is 0.375. The first-order valence-corrected chi connectivity index (χ1v) is 13.0. The molecular weight excluding hydrogens is 504 g/mol. The fourth-order valence-corrected chi connectivity index (χ4v) is 5.10.